The molecule has 1 atom stereocenters. The molecule has 0 aliphatic carbocycles. The minimum absolute atomic E-state index is 0.115. The molecule has 4 heterocycles. The van der Waals surface area contributed by atoms with Crippen molar-refractivity contribution in [2.24, 2.45) is 5.92 Å². The Morgan fingerprint density at radius 3 is 2.58 bits per heavy atom. The van der Waals surface area contributed by atoms with Crippen LogP contribution < -0.4 is 9.80 Å². The van der Waals surface area contributed by atoms with Crippen molar-refractivity contribution in [2.75, 3.05) is 62.1 Å². The Bertz CT molecular complexity index is 1230. The van der Waals surface area contributed by atoms with E-state index in [4.69, 9.17) is 13.9 Å². The zero-order valence-electron chi connectivity index (χ0n) is 18.6. The van der Waals surface area contributed by atoms with Crippen LogP contribution in [-0.2, 0) is 19.0 Å². The minimum atomic E-state index is -3.45. The van der Waals surface area contributed by atoms with Crippen LogP contribution in [-0.4, -0.2) is 75.6 Å². The van der Waals surface area contributed by atoms with Crippen molar-refractivity contribution in [3.63, 3.8) is 0 Å². The van der Waals surface area contributed by atoms with E-state index in [0.717, 1.165) is 73.6 Å². The maximum Gasteiger partial charge on any atom is 0.264 e. The molecule has 174 valence electrons. The van der Waals surface area contributed by atoms with E-state index < -0.39 is 10.1 Å². The fourth-order valence-corrected chi connectivity index (χ4v) is 4.81. The third-order valence-electron chi connectivity index (χ3n) is 6.08. The molecule has 2 aliphatic heterocycles. The summed E-state index contributed by atoms with van der Waals surface area (Å²) in [7, 11) is -3.45. The van der Waals surface area contributed by atoms with Gasteiger partial charge in [0.2, 0.25) is 0 Å². The summed E-state index contributed by atoms with van der Waals surface area (Å²) in [5.41, 5.74) is 4.55. The van der Waals surface area contributed by atoms with Gasteiger partial charge in [-0.2, -0.15) is 8.42 Å². The largest absolute Gasteiger partial charge is 0.378 e. The number of nitrogens with zero attached hydrogens (tertiary/aromatic N) is 5. The van der Waals surface area contributed by atoms with E-state index in [1.165, 1.54) is 5.69 Å². The van der Waals surface area contributed by atoms with Crippen LogP contribution in [0.2, 0.25) is 0 Å². The van der Waals surface area contributed by atoms with Gasteiger partial charge < -0.3 is 14.5 Å². The molecule has 0 amide bonds. The fraction of sp³-hybridized carbons (Fsp3) is 0.435. The van der Waals surface area contributed by atoms with Gasteiger partial charge in [-0.3, -0.25) is 9.17 Å². The van der Waals surface area contributed by atoms with Crippen LogP contribution >= 0.6 is 0 Å². The smallest absolute Gasteiger partial charge is 0.264 e. The van der Waals surface area contributed by atoms with Gasteiger partial charge in [0.25, 0.3) is 10.1 Å². The van der Waals surface area contributed by atoms with Crippen LogP contribution in [0.5, 0.6) is 0 Å². The molecule has 3 aromatic rings. The van der Waals surface area contributed by atoms with E-state index in [1.54, 1.807) is 12.4 Å². The zero-order valence-corrected chi connectivity index (χ0v) is 19.4. The van der Waals surface area contributed by atoms with Gasteiger partial charge in [-0.05, 0) is 24.6 Å². The number of fused-ring (bicyclic) bond motifs is 1. The molecule has 2 aliphatic rings. The number of pyridine rings is 1. The van der Waals surface area contributed by atoms with Crippen LogP contribution in [0.25, 0.3) is 22.3 Å². The van der Waals surface area contributed by atoms with Gasteiger partial charge in [-0.15, -0.1) is 0 Å². The molecule has 9 nitrogen and oxygen atoms in total. The highest BCUT2D eigenvalue weighted by molar-refractivity contribution is 7.85. The summed E-state index contributed by atoms with van der Waals surface area (Å²) in [6.45, 7) is 4.90. The second-order valence-corrected chi connectivity index (χ2v) is 10.1. The Hall–Kier alpha value is -2.82. The molecule has 10 heteroatoms. The standard InChI is InChI=1S/C23H27N5O4S/c1-33(29,30)32-16-17-6-9-28(15-17)23-22-21(24-7-8-25-22)14-20(26-23)18-2-4-19(5-3-18)27-10-12-31-13-11-27/h2-5,7-8,14,17H,6,9-13,15-16H2,1H3. The second kappa shape index (κ2) is 9.20. The summed E-state index contributed by atoms with van der Waals surface area (Å²) in [6.07, 6.45) is 5.27. The number of ether oxygens (including phenoxy) is 1. The summed E-state index contributed by atoms with van der Waals surface area (Å²) in [6, 6.07) is 10.4. The molecule has 0 spiro atoms. The maximum absolute atomic E-state index is 11.4. The SMILES string of the molecule is CS(=O)(=O)OCC1CCN(c2nc(-c3ccc(N4CCOCC4)cc3)cc3nccnc23)C1. The van der Waals surface area contributed by atoms with E-state index >= 15 is 0 Å². The number of rotatable bonds is 6. The lowest BCUT2D eigenvalue weighted by Gasteiger charge is -2.29. The highest BCUT2D eigenvalue weighted by Gasteiger charge is 2.27. The Morgan fingerprint density at radius 1 is 1.06 bits per heavy atom. The predicted molar refractivity (Wildman–Crippen MR) is 127 cm³/mol. The predicted octanol–water partition coefficient (Wildman–Crippen LogP) is 2.33. The van der Waals surface area contributed by atoms with Gasteiger partial charge in [0, 0.05) is 55.7 Å². The van der Waals surface area contributed by atoms with Crippen molar-refractivity contribution < 1.29 is 17.3 Å². The molecule has 2 aromatic heterocycles. The molecule has 33 heavy (non-hydrogen) atoms. The summed E-state index contributed by atoms with van der Waals surface area (Å²) < 4.78 is 33.2. The van der Waals surface area contributed by atoms with Gasteiger partial charge in [0.05, 0.1) is 37.3 Å². The molecule has 1 aromatic carbocycles. The Balaban J connectivity index is 1.42. The van der Waals surface area contributed by atoms with Gasteiger partial charge in [0.1, 0.15) is 5.52 Å². The minimum Gasteiger partial charge on any atom is -0.378 e. The molecule has 5 rings (SSSR count). The molecule has 2 fully saturated rings. The number of hydrogen-bond acceptors (Lipinski definition) is 9. The molecule has 1 unspecified atom stereocenters. The van der Waals surface area contributed by atoms with E-state index in [1.807, 2.05) is 6.07 Å². The third-order valence-corrected chi connectivity index (χ3v) is 6.64. The highest BCUT2D eigenvalue weighted by Crippen LogP contribution is 2.32. The average Bonchev–Trinajstić information content (AvgIpc) is 3.31. The summed E-state index contributed by atoms with van der Waals surface area (Å²) in [4.78, 5) is 18.5. The monoisotopic (exact) mass is 469 g/mol. The third kappa shape index (κ3) is 5.07. The van der Waals surface area contributed by atoms with Crippen molar-refractivity contribution in [1.82, 2.24) is 15.0 Å². The summed E-state index contributed by atoms with van der Waals surface area (Å²) >= 11 is 0. The summed E-state index contributed by atoms with van der Waals surface area (Å²) in [5.74, 6) is 0.888. The van der Waals surface area contributed by atoms with E-state index in [2.05, 4.69) is 44.0 Å². The average molecular weight is 470 g/mol. The highest BCUT2D eigenvalue weighted by atomic mass is 32.2. The van der Waals surface area contributed by atoms with Crippen LogP contribution in [0.3, 0.4) is 0 Å². The van der Waals surface area contributed by atoms with Gasteiger partial charge in [-0.25, -0.2) is 9.97 Å². The molecule has 0 saturated carbocycles. The van der Waals surface area contributed by atoms with E-state index in [9.17, 15) is 8.42 Å². The second-order valence-electron chi connectivity index (χ2n) is 8.49. The maximum atomic E-state index is 11.4. The molecule has 2 saturated heterocycles. The van der Waals surface area contributed by atoms with Crippen LogP contribution in [0.1, 0.15) is 6.42 Å². The zero-order chi connectivity index (χ0) is 22.8. The lowest BCUT2D eigenvalue weighted by molar-refractivity contribution is 0.122. The van der Waals surface area contributed by atoms with Gasteiger partial charge in [0.15, 0.2) is 5.82 Å². The molecular weight excluding hydrogens is 442 g/mol. The van der Waals surface area contributed by atoms with Crippen molar-refractivity contribution in [3.05, 3.63) is 42.7 Å². The van der Waals surface area contributed by atoms with Crippen molar-refractivity contribution in [1.29, 1.82) is 0 Å². The first-order valence-electron chi connectivity index (χ1n) is 11.1. The summed E-state index contributed by atoms with van der Waals surface area (Å²) in [5, 5.41) is 0. The van der Waals surface area contributed by atoms with Gasteiger partial charge >= 0.3 is 0 Å². The first-order chi connectivity index (χ1) is 16.0. The van der Waals surface area contributed by atoms with E-state index in [-0.39, 0.29) is 12.5 Å². The first-order valence-corrected chi connectivity index (χ1v) is 12.9. The van der Waals surface area contributed by atoms with Crippen molar-refractivity contribution in [3.8, 4) is 11.3 Å². The van der Waals surface area contributed by atoms with Gasteiger partial charge in [-0.1, -0.05) is 12.1 Å². The van der Waals surface area contributed by atoms with Crippen LogP contribution in [0, 0.1) is 5.92 Å². The molecular formula is C23H27N5O4S. The van der Waals surface area contributed by atoms with Crippen LogP contribution in [0.4, 0.5) is 11.5 Å². The number of morpholine rings is 1. The molecule has 0 N–H and O–H groups in total. The number of anilines is 2. The number of benzene rings is 1. The lowest BCUT2D eigenvalue weighted by Crippen LogP contribution is -2.36. The first kappa shape index (κ1) is 22.0. The molecule has 0 bridgehead atoms. The number of hydrogen-bond donors (Lipinski definition) is 0. The quantitative estimate of drug-likeness (QED) is 0.504. The van der Waals surface area contributed by atoms with E-state index in [0.29, 0.717) is 6.54 Å². The van der Waals surface area contributed by atoms with Crippen LogP contribution in [0.15, 0.2) is 42.7 Å². The Kier molecular flexibility index (Phi) is 6.13. The normalized spacial score (nSPS) is 19.4. The lowest BCUT2D eigenvalue weighted by atomic mass is 10.1. The fourth-order valence-electron chi connectivity index (χ4n) is 4.37. The topological polar surface area (TPSA) is 97.8 Å². The Labute approximate surface area is 193 Å². The Morgan fingerprint density at radius 2 is 1.82 bits per heavy atom. The number of aromatic nitrogens is 3. The van der Waals surface area contributed by atoms with Crippen molar-refractivity contribution in [2.45, 2.75) is 6.42 Å². The van der Waals surface area contributed by atoms with Crippen molar-refractivity contribution >= 4 is 32.7 Å². The molecule has 0 radical (unpaired) electrons.